The molecular formula is C13H21N3O2S. The van der Waals surface area contributed by atoms with Crippen molar-refractivity contribution in [2.75, 3.05) is 26.3 Å². The molecule has 2 heterocycles. The summed E-state index contributed by atoms with van der Waals surface area (Å²) in [5, 5.41) is 9.38. The summed E-state index contributed by atoms with van der Waals surface area (Å²) in [4.78, 5) is 16.5. The number of carbonyl (C=O) groups is 1. The van der Waals surface area contributed by atoms with Crippen LogP contribution >= 0.6 is 11.3 Å². The smallest absolute Gasteiger partial charge is 0.227 e. The molecule has 1 fully saturated rings. The van der Waals surface area contributed by atoms with Gasteiger partial charge in [-0.2, -0.15) is 0 Å². The second kappa shape index (κ2) is 6.98. The van der Waals surface area contributed by atoms with Crippen molar-refractivity contribution in [3.05, 3.63) is 16.1 Å². The van der Waals surface area contributed by atoms with Gasteiger partial charge in [0.25, 0.3) is 0 Å². The number of carbonyl (C=O) groups excluding carboxylic acids is 1. The van der Waals surface area contributed by atoms with Gasteiger partial charge >= 0.3 is 0 Å². The first-order valence-corrected chi connectivity index (χ1v) is 7.58. The van der Waals surface area contributed by atoms with Crippen LogP contribution in [0.2, 0.25) is 0 Å². The predicted molar refractivity (Wildman–Crippen MR) is 75.3 cm³/mol. The van der Waals surface area contributed by atoms with Crippen molar-refractivity contribution in [2.24, 2.45) is 5.92 Å². The molecule has 0 radical (unpaired) electrons. The van der Waals surface area contributed by atoms with Crippen LogP contribution in [0.4, 0.5) is 0 Å². The van der Waals surface area contributed by atoms with Crippen LogP contribution in [0.15, 0.2) is 5.38 Å². The molecule has 0 aliphatic carbocycles. The standard InChI is InChI=1S/C13H21N3O2S/c1-3-14-12-7-18-6-11(12)13(17)15-5-4-10-8-19-9(2)16-10/h8,11-12,14H,3-7H2,1-2H3,(H,15,17). The Bertz CT molecular complexity index is 422. The van der Waals surface area contributed by atoms with Gasteiger partial charge in [0.05, 0.1) is 29.8 Å². The van der Waals surface area contributed by atoms with Crippen molar-refractivity contribution in [1.29, 1.82) is 0 Å². The number of nitrogens with one attached hydrogen (secondary N) is 2. The van der Waals surface area contributed by atoms with Crippen molar-refractivity contribution in [2.45, 2.75) is 26.3 Å². The Morgan fingerprint density at radius 3 is 3.11 bits per heavy atom. The van der Waals surface area contributed by atoms with E-state index in [1.807, 2.05) is 19.2 Å². The normalized spacial score (nSPS) is 22.6. The van der Waals surface area contributed by atoms with E-state index < -0.39 is 0 Å². The third-order valence-electron chi connectivity index (χ3n) is 3.23. The number of thiazole rings is 1. The molecule has 2 N–H and O–H groups in total. The molecule has 6 heteroatoms. The fourth-order valence-corrected chi connectivity index (χ4v) is 2.89. The summed E-state index contributed by atoms with van der Waals surface area (Å²) in [5.74, 6) is 0.00696. The zero-order chi connectivity index (χ0) is 13.7. The lowest BCUT2D eigenvalue weighted by molar-refractivity contribution is -0.125. The van der Waals surface area contributed by atoms with E-state index in [4.69, 9.17) is 4.74 Å². The van der Waals surface area contributed by atoms with Crippen molar-refractivity contribution >= 4 is 17.2 Å². The van der Waals surface area contributed by atoms with Crippen LogP contribution in [0.5, 0.6) is 0 Å². The second-order valence-corrected chi connectivity index (χ2v) is 5.77. The van der Waals surface area contributed by atoms with E-state index in [0.717, 1.165) is 23.7 Å². The zero-order valence-electron chi connectivity index (χ0n) is 11.4. The fourth-order valence-electron chi connectivity index (χ4n) is 2.24. The summed E-state index contributed by atoms with van der Waals surface area (Å²) in [5.41, 5.74) is 1.05. The number of likely N-dealkylation sites (N-methyl/N-ethyl adjacent to an activating group) is 1. The van der Waals surface area contributed by atoms with E-state index in [0.29, 0.717) is 19.8 Å². The second-order valence-electron chi connectivity index (χ2n) is 4.71. The fraction of sp³-hybridized carbons (Fsp3) is 0.692. The average molecular weight is 283 g/mol. The van der Waals surface area contributed by atoms with Gasteiger partial charge in [0.1, 0.15) is 0 Å². The van der Waals surface area contributed by atoms with Gasteiger partial charge in [-0.25, -0.2) is 4.98 Å². The van der Waals surface area contributed by atoms with E-state index in [1.165, 1.54) is 0 Å². The van der Waals surface area contributed by atoms with Gasteiger partial charge in [-0.05, 0) is 13.5 Å². The highest BCUT2D eigenvalue weighted by Gasteiger charge is 2.33. The molecule has 1 aliphatic heterocycles. The minimum Gasteiger partial charge on any atom is -0.379 e. The Kier molecular flexibility index (Phi) is 5.30. The molecule has 2 rings (SSSR count). The van der Waals surface area contributed by atoms with E-state index >= 15 is 0 Å². The predicted octanol–water partition coefficient (Wildman–Crippen LogP) is 0.735. The van der Waals surface area contributed by atoms with Gasteiger partial charge < -0.3 is 15.4 Å². The lowest BCUT2D eigenvalue weighted by Crippen LogP contribution is -2.44. The van der Waals surface area contributed by atoms with Gasteiger partial charge in [0.15, 0.2) is 0 Å². The van der Waals surface area contributed by atoms with Gasteiger partial charge in [-0.15, -0.1) is 11.3 Å². The van der Waals surface area contributed by atoms with Crippen LogP contribution in [-0.2, 0) is 16.0 Å². The molecule has 1 aliphatic rings. The maximum Gasteiger partial charge on any atom is 0.227 e. The molecular weight excluding hydrogens is 262 g/mol. The Labute approximate surface area is 117 Å². The first-order valence-electron chi connectivity index (χ1n) is 6.70. The van der Waals surface area contributed by atoms with Gasteiger partial charge in [0.2, 0.25) is 5.91 Å². The molecule has 19 heavy (non-hydrogen) atoms. The number of amides is 1. The summed E-state index contributed by atoms with van der Waals surface area (Å²) < 4.78 is 5.38. The number of hydrogen-bond acceptors (Lipinski definition) is 5. The summed E-state index contributed by atoms with van der Waals surface area (Å²) in [6.07, 6.45) is 0.787. The highest BCUT2D eigenvalue weighted by Crippen LogP contribution is 2.14. The van der Waals surface area contributed by atoms with E-state index in [2.05, 4.69) is 15.6 Å². The van der Waals surface area contributed by atoms with Crippen molar-refractivity contribution < 1.29 is 9.53 Å². The van der Waals surface area contributed by atoms with E-state index in [1.54, 1.807) is 11.3 Å². The van der Waals surface area contributed by atoms with Gasteiger partial charge in [-0.1, -0.05) is 6.92 Å². The van der Waals surface area contributed by atoms with Crippen molar-refractivity contribution in [3.63, 3.8) is 0 Å². The van der Waals surface area contributed by atoms with Gasteiger partial charge in [-0.3, -0.25) is 4.79 Å². The van der Waals surface area contributed by atoms with E-state index in [9.17, 15) is 4.79 Å². The molecule has 1 aromatic heterocycles. The highest BCUT2D eigenvalue weighted by molar-refractivity contribution is 7.09. The topological polar surface area (TPSA) is 63.2 Å². The number of rotatable bonds is 6. The first kappa shape index (κ1) is 14.4. The van der Waals surface area contributed by atoms with Crippen LogP contribution in [0.25, 0.3) is 0 Å². The van der Waals surface area contributed by atoms with Crippen molar-refractivity contribution in [1.82, 2.24) is 15.6 Å². The molecule has 1 saturated heterocycles. The van der Waals surface area contributed by atoms with Crippen LogP contribution in [-0.4, -0.2) is 43.2 Å². The molecule has 5 nitrogen and oxygen atoms in total. The van der Waals surface area contributed by atoms with Crippen LogP contribution in [0.1, 0.15) is 17.6 Å². The molecule has 0 saturated carbocycles. The Morgan fingerprint density at radius 2 is 2.42 bits per heavy atom. The van der Waals surface area contributed by atoms with E-state index in [-0.39, 0.29) is 17.9 Å². The third kappa shape index (κ3) is 3.99. The largest absolute Gasteiger partial charge is 0.379 e. The Morgan fingerprint density at radius 1 is 1.58 bits per heavy atom. The molecule has 106 valence electrons. The molecule has 0 spiro atoms. The minimum atomic E-state index is -0.0721. The summed E-state index contributed by atoms with van der Waals surface area (Å²) in [6, 6.07) is 0.145. The SMILES string of the molecule is CCNC1COCC1C(=O)NCCc1csc(C)n1. The molecule has 2 atom stereocenters. The lowest BCUT2D eigenvalue weighted by atomic mass is 10.0. The monoisotopic (exact) mass is 283 g/mol. The summed E-state index contributed by atoms with van der Waals surface area (Å²) >= 11 is 1.64. The minimum absolute atomic E-state index is 0.0721. The molecule has 1 amide bonds. The summed E-state index contributed by atoms with van der Waals surface area (Å²) in [7, 11) is 0. The van der Waals surface area contributed by atoms with Crippen LogP contribution in [0.3, 0.4) is 0 Å². The first-order chi connectivity index (χ1) is 9.20. The maximum atomic E-state index is 12.1. The molecule has 1 aromatic rings. The maximum absolute atomic E-state index is 12.1. The average Bonchev–Trinajstić information content (AvgIpc) is 2.99. The number of nitrogens with zero attached hydrogens (tertiary/aromatic N) is 1. The number of aryl methyl sites for hydroxylation is 1. The zero-order valence-corrected chi connectivity index (χ0v) is 12.3. The number of ether oxygens (including phenoxy) is 1. The number of aromatic nitrogens is 1. The van der Waals surface area contributed by atoms with Crippen LogP contribution < -0.4 is 10.6 Å². The van der Waals surface area contributed by atoms with Crippen LogP contribution in [0, 0.1) is 12.8 Å². The lowest BCUT2D eigenvalue weighted by Gasteiger charge is -2.17. The molecule has 2 unspecified atom stereocenters. The Balaban J connectivity index is 1.74. The highest BCUT2D eigenvalue weighted by atomic mass is 32.1. The summed E-state index contributed by atoms with van der Waals surface area (Å²) in [6.45, 7) is 6.66. The van der Waals surface area contributed by atoms with Gasteiger partial charge in [0, 0.05) is 24.4 Å². The molecule has 0 aromatic carbocycles. The number of hydrogen-bond donors (Lipinski definition) is 2. The quantitative estimate of drug-likeness (QED) is 0.808. The molecule has 0 bridgehead atoms. The Hall–Kier alpha value is -0.980. The van der Waals surface area contributed by atoms with Crippen molar-refractivity contribution in [3.8, 4) is 0 Å². The third-order valence-corrected chi connectivity index (χ3v) is 4.05.